The summed E-state index contributed by atoms with van der Waals surface area (Å²) in [6.07, 6.45) is 4.70. The minimum absolute atomic E-state index is 0. The summed E-state index contributed by atoms with van der Waals surface area (Å²) in [4.78, 5) is 17.2. The number of nitrogens with one attached hydrogen (secondary N) is 1. The Balaban J connectivity index is 0.00000300. The molecule has 2 amide bonds. The molecule has 2 aliphatic rings. The Morgan fingerprint density at radius 3 is 2.46 bits per heavy atom. The van der Waals surface area contributed by atoms with Crippen LogP contribution in [0.4, 0.5) is 4.79 Å². The third-order valence-electron chi connectivity index (χ3n) is 6.84. The first-order valence-corrected chi connectivity index (χ1v) is 11.2. The number of fused-ring (bicyclic) bond motifs is 2. The van der Waals surface area contributed by atoms with Crippen molar-refractivity contribution in [2.75, 3.05) is 32.7 Å². The van der Waals surface area contributed by atoms with Crippen molar-refractivity contribution in [3.8, 4) is 0 Å². The smallest absolute Gasteiger partial charge is 0.317 e. The third kappa shape index (κ3) is 4.53. The van der Waals surface area contributed by atoms with Crippen LogP contribution in [-0.2, 0) is 5.41 Å². The highest BCUT2D eigenvalue weighted by Crippen LogP contribution is 2.50. The van der Waals surface area contributed by atoms with Crippen LogP contribution >= 0.6 is 0 Å². The highest BCUT2D eigenvalue weighted by atomic mass is 16.2. The Hall–Kier alpha value is -1.55. The van der Waals surface area contributed by atoms with Gasteiger partial charge in [-0.1, -0.05) is 45.0 Å². The quantitative estimate of drug-likeness (QED) is 0.754. The van der Waals surface area contributed by atoms with Crippen LogP contribution in [0.3, 0.4) is 0 Å². The van der Waals surface area contributed by atoms with Crippen LogP contribution in [0.2, 0.25) is 0 Å². The number of likely N-dealkylation sites (tertiary alicyclic amines) is 1. The van der Waals surface area contributed by atoms with Gasteiger partial charge in [-0.15, -0.1) is 0 Å². The van der Waals surface area contributed by atoms with E-state index in [4.69, 9.17) is 0 Å². The molecule has 3 rings (SSSR count). The van der Waals surface area contributed by atoms with Crippen molar-refractivity contribution in [1.29, 1.82) is 0 Å². The molecule has 4 heteroatoms. The number of rotatable bonds is 5. The van der Waals surface area contributed by atoms with Gasteiger partial charge >= 0.3 is 6.03 Å². The molecule has 28 heavy (non-hydrogen) atoms. The summed E-state index contributed by atoms with van der Waals surface area (Å²) in [5.41, 5.74) is 3.45. The zero-order valence-corrected chi connectivity index (χ0v) is 18.6. The molecule has 0 unspecified atom stereocenters. The highest BCUT2D eigenvalue weighted by Gasteiger charge is 2.45. The lowest BCUT2D eigenvalue weighted by molar-refractivity contribution is 0.137. The number of benzene rings is 1. The second kappa shape index (κ2) is 8.44. The van der Waals surface area contributed by atoms with E-state index in [0.29, 0.717) is 5.41 Å². The number of urea groups is 1. The Morgan fingerprint density at radius 1 is 1.21 bits per heavy atom. The van der Waals surface area contributed by atoms with Crippen LogP contribution in [0.15, 0.2) is 24.3 Å². The SMILES string of the molecule is CCN(CC)C(=O)N[C@H]1CC2(CCN(CCC(C)(C)C)CC2)c2ccccc21.[HH]. The van der Waals surface area contributed by atoms with Gasteiger partial charge in [0.1, 0.15) is 0 Å². The molecule has 1 heterocycles. The van der Waals surface area contributed by atoms with Crippen LogP contribution in [-0.4, -0.2) is 48.6 Å². The predicted molar refractivity (Wildman–Crippen MR) is 119 cm³/mol. The van der Waals surface area contributed by atoms with Gasteiger partial charge in [0, 0.05) is 19.9 Å². The predicted octanol–water partition coefficient (Wildman–Crippen LogP) is 5.20. The molecule has 1 spiro atoms. The number of carbonyl (C=O) groups excluding carboxylic acids is 1. The van der Waals surface area contributed by atoms with E-state index < -0.39 is 0 Å². The van der Waals surface area contributed by atoms with E-state index >= 15 is 0 Å². The molecule has 1 saturated heterocycles. The van der Waals surface area contributed by atoms with Crippen molar-refractivity contribution in [3.05, 3.63) is 35.4 Å². The maximum absolute atomic E-state index is 12.7. The van der Waals surface area contributed by atoms with Gasteiger partial charge in [0.15, 0.2) is 0 Å². The molecular formula is C24H41N3O. The Labute approximate surface area is 173 Å². The van der Waals surface area contributed by atoms with E-state index in [-0.39, 0.29) is 18.9 Å². The molecule has 1 aliphatic heterocycles. The molecule has 0 radical (unpaired) electrons. The van der Waals surface area contributed by atoms with Crippen LogP contribution in [0, 0.1) is 5.41 Å². The van der Waals surface area contributed by atoms with Crippen LogP contribution in [0.5, 0.6) is 0 Å². The van der Waals surface area contributed by atoms with E-state index in [0.717, 1.165) is 19.5 Å². The summed E-state index contributed by atoms with van der Waals surface area (Å²) < 4.78 is 0. The first-order chi connectivity index (χ1) is 13.3. The van der Waals surface area contributed by atoms with Gasteiger partial charge in [-0.05, 0) is 75.7 Å². The zero-order chi connectivity index (χ0) is 20.4. The fourth-order valence-corrected chi connectivity index (χ4v) is 4.95. The van der Waals surface area contributed by atoms with E-state index in [1.165, 1.54) is 50.0 Å². The molecule has 158 valence electrons. The van der Waals surface area contributed by atoms with Crippen molar-refractivity contribution in [3.63, 3.8) is 0 Å². The second-order valence-electron chi connectivity index (χ2n) is 9.90. The van der Waals surface area contributed by atoms with E-state index in [1.54, 1.807) is 0 Å². The number of hydrogen-bond donors (Lipinski definition) is 1. The van der Waals surface area contributed by atoms with Gasteiger partial charge in [0.25, 0.3) is 0 Å². The molecule has 0 bridgehead atoms. The van der Waals surface area contributed by atoms with Gasteiger partial charge < -0.3 is 15.1 Å². The standard InChI is InChI=1S/C24H39N3O.H2/c1-6-27(7-2)22(28)25-21-18-24(20-11-9-8-10-19(20)21)13-16-26(17-14-24)15-12-23(3,4)5;/h8-11,21H,6-7,12-18H2,1-5H3,(H,25,28);1H/t21-;/m0./s1. The number of amides is 2. The van der Waals surface area contributed by atoms with Crippen molar-refractivity contribution in [1.82, 2.24) is 15.1 Å². The number of carbonyl (C=O) groups is 1. The normalized spacial score (nSPS) is 21.5. The summed E-state index contributed by atoms with van der Waals surface area (Å²) in [6.45, 7) is 16.1. The molecule has 0 saturated carbocycles. The van der Waals surface area contributed by atoms with E-state index in [9.17, 15) is 4.79 Å². The number of hydrogen-bond acceptors (Lipinski definition) is 2. The highest BCUT2D eigenvalue weighted by molar-refractivity contribution is 5.75. The lowest BCUT2D eigenvalue weighted by Gasteiger charge is -2.41. The van der Waals surface area contributed by atoms with Gasteiger partial charge in [-0.3, -0.25) is 0 Å². The average Bonchev–Trinajstić information content (AvgIpc) is 2.95. The van der Waals surface area contributed by atoms with Crippen LogP contribution < -0.4 is 5.32 Å². The fraction of sp³-hybridized carbons (Fsp3) is 0.708. The number of piperidine rings is 1. The van der Waals surface area contributed by atoms with Gasteiger partial charge in [-0.25, -0.2) is 4.79 Å². The van der Waals surface area contributed by atoms with E-state index in [1.807, 2.05) is 18.7 Å². The molecule has 1 atom stereocenters. The van der Waals surface area contributed by atoms with Crippen LogP contribution in [0.1, 0.15) is 78.9 Å². The Bertz CT molecular complexity index is 673. The topological polar surface area (TPSA) is 35.6 Å². The lowest BCUT2D eigenvalue weighted by Crippen LogP contribution is -2.44. The summed E-state index contributed by atoms with van der Waals surface area (Å²) in [5, 5.41) is 3.34. The summed E-state index contributed by atoms with van der Waals surface area (Å²) in [6, 6.07) is 9.04. The fourth-order valence-electron chi connectivity index (χ4n) is 4.95. The third-order valence-corrected chi connectivity index (χ3v) is 6.84. The maximum Gasteiger partial charge on any atom is 0.317 e. The van der Waals surface area contributed by atoms with Gasteiger partial charge in [-0.2, -0.15) is 0 Å². The number of nitrogens with zero attached hydrogens (tertiary/aromatic N) is 2. The minimum Gasteiger partial charge on any atom is -0.331 e. The lowest BCUT2D eigenvalue weighted by atomic mass is 9.73. The largest absolute Gasteiger partial charge is 0.331 e. The Kier molecular flexibility index (Phi) is 6.38. The molecule has 0 aromatic heterocycles. The molecule has 1 aromatic carbocycles. The summed E-state index contributed by atoms with van der Waals surface area (Å²) in [5.74, 6) is 0. The molecule has 4 nitrogen and oxygen atoms in total. The summed E-state index contributed by atoms with van der Waals surface area (Å²) >= 11 is 0. The molecular weight excluding hydrogens is 346 g/mol. The maximum atomic E-state index is 12.7. The van der Waals surface area contributed by atoms with Crippen molar-refractivity contribution in [2.45, 2.75) is 71.8 Å². The first kappa shape index (κ1) is 21.2. The Morgan fingerprint density at radius 2 is 1.86 bits per heavy atom. The molecule has 1 N–H and O–H groups in total. The van der Waals surface area contributed by atoms with Crippen molar-refractivity contribution in [2.24, 2.45) is 5.41 Å². The first-order valence-electron chi connectivity index (χ1n) is 11.2. The van der Waals surface area contributed by atoms with Gasteiger partial charge in [0.2, 0.25) is 0 Å². The second-order valence-corrected chi connectivity index (χ2v) is 9.90. The molecule has 1 aliphatic carbocycles. The van der Waals surface area contributed by atoms with Crippen molar-refractivity contribution >= 4 is 6.03 Å². The van der Waals surface area contributed by atoms with Crippen LogP contribution in [0.25, 0.3) is 0 Å². The molecule has 1 aromatic rings. The average molecular weight is 388 g/mol. The summed E-state index contributed by atoms with van der Waals surface area (Å²) in [7, 11) is 0. The molecule has 1 fully saturated rings. The van der Waals surface area contributed by atoms with Gasteiger partial charge in [0.05, 0.1) is 6.04 Å². The minimum atomic E-state index is 0. The zero-order valence-electron chi connectivity index (χ0n) is 18.6. The monoisotopic (exact) mass is 387 g/mol. The van der Waals surface area contributed by atoms with Crippen molar-refractivity contribution < 1.29 is 6.22 Å². The van der Waals surface area contributed by atoms with E-state index in [2.05, 4.69) is 55.3 Å².